The van der Waals surface area contributed by atoms with Gasteiger partial charge in [0.1, 0.15) is 23.2 Å². The molecule has 5 heteroatoms. The highest BCUT2D eigenvalue weighted by Gasteiger charge is 2.24. The Morgan fingerprint density at radius 2 is 0.897 bits per heavy atom. The third-order valence-electron chi connectivity index (χ3n) is 13.3. The van der Waals surface area contributed by atoms with Crippen molar-refractivity contribution in [3.05, 3.63) is 259 Å². The van der Waals surface area contributed by atoms with Crippen LogP contribution in [0.15, 0.2) is 257 Å². The fourth-order valence-electron chi connectivity index (χ4n) is 9.85. The zero-order valence-electron chi connectivity index (χ0n) is 36.9. The Kier molecular flexibility index (Phi) is 9.50. The molecular weight excluding hydrogens is 829 g/mol. The summed E-state index contributed by atoms with van der Waals surface area (Å²) >= 11 is 0. The molecule has 3 heterocycles. The van der Waals surface area contributed by atoms with Gasteiger partial charge < -0.3 is 14.3 Å². The monoisotopic (exact) mass is 870 g/mol. The van der Waals surface area contributed by atoms with Gasteiger partial charge in [-0.2, -0.15) is 0 Å². The van der Waals surface area contributed by atoms with E-state index >= 15 is 0 Å². The highest BCUT2D eigenvalue weighted by molar-refractivity contribution is 6.24. The second-order valence-electron chi connectivity index (χ2n) is 17.4. The standard InChI is InChI=1S/C63H42N4O/c1-4-13-41(14-5-1)44-23-25-47(26-24-44)50-19-12-20-52(39-50)67-56-22-11-10-21-55(56)59-57(67)38-37-54-53-36-35-51(40-58(53)68-60(54)59)63-65-61(48-31-27-45(28-32-48)42-15-6-2-7-16-42)64-62(66-63)49-33-29-46(30-34-49)43-17-8-3-9-18-43/h1-40,63H,(H,64,65,66). The SMILES string of the molecule is c1ccc(-c2ccc(C3=NC(c4ccc5c(c4)oc4c5ccc5c4c4ccccc4n5-c4cccc(-c5ccc(-c6ccccc6)cc5)c4)NC(c4ccc(-c5ccccc5)cc4)=N3)cc2)cc1. The molecule has 0 bridgehead atoms. The second kappa shape index (κ2) is 16.4. The van der Waals surface area contributed by atoms with Gasteiger partial charge in [-0.1, -0.05) is 206 Å². The number of benzene rings is 10. The number of furan rings is 1. The normalized spacial score (nSPS) is 13.7. The molecule has 5 nitrogen and oxygen atoms in total. The summed E-state index contributed by atoms with van der Waals surface area (Å²) in [6.45, 7) is 0. The quantitative estimate of drug-likeness (QED) is 0.165. The molecule has 320 valence electrons. The second-order valence-corrected chi connectivity index (χ2v) is 17.4. The van der Waals surface area contributed by atoms with Gasteiger partial charge in [-0.3, -0.25) is 0 Å². The third kappa shape index (κ3) is 6.97. The first-order chi connectivity index (χ1) is 33.7. The Morgan fingerprint density at radius 1 is 0.382 bits per heavy atom. The smallest absolute Gasteiger partial charge is 0.159 e. The van der Waals surface area contributed by atoms with Crippen molar-refractivity contribution in [3.8, 4) is 50.2 Å². The number of aromatic nitrogens is 1. The fourth-order valence-corrected chi connectivity index (χ4v) is 9.85. The average molecular weight is 871 g/mol. The summed E-state index contributed by atoms with van der Waals surface area (Å²) in [4.78, 5) is 10.4. The van der Waals surface area contributed by atoms with Crippen molar-refractivity contribution in [2.24, 2.45) is 9.98 Å². The Balaban J connectivity index is 0.885. The van der Waals surface area contributed by atoms with Crippen LogP contribution in [-0.4, -0.2) is 16.2 Å². The van der Waals surface area contributed by atoms with Crippen LogP contribution in [0.4, 0.5) is 0 Å². The molecule has 1 aliphatic rings. The van der Waals surface area contributed by atoms with E-state index in [0.29, 0.717) is 5.84 Å². The lowest BCUT2D eigenvalue weighted by molar-refractivity contribution is 0.657. The molecule has 2 aromatic heterocycles. The predicted molar refractivity (Wildman–Crippen MR) is 282 cm³/mol. The molecule has 0 saturated heterocycles. The maximum absolute atomic E-state index is 7.01. The van der Waals surface area contributed by atoms with Crippen molar-refractivity contribution in [1.29, 1.82) is 0 Å². The van der Waals surface area contributed by atoms with Crippen molar-refractivity contribution in [2.45, 2.75) is 6.17 Å². The van der Waals surface area contributed by atoms with Crippen molar-refractivity contribution in [3.63, 3.8) is 0 Å². The molecule has 12 aromatic rings. The molecule has 0 radical (unpaired) electrons. The van der Waals surface area contributed by atoms with Crippen molar-refractivity contribution in [1.82, 2.24) is 9.88 Å². The first-order valence-electron chi connectivity index (χ1n) is 23.1. The van der Waals surface area contributed by atoms with E-state index in [-0.39, 0.29) is 0 Å². The van der Waals surface area contributed by atoms with Crippen LogP contribution >= 0.6 is 0 Å². The van der Waals surface area contributed by atoms with Crippen LogP contribution in [0.5, 0.6) is 0 Å². The summed E-state index contributed by atoms with van der Waals surface area (Å²) in [5.74, 6) is 1.43. The van der Waals surface area contributed by atoms with E-state index in [9.17, 15) is 0 Å². The highest BCUT2D eigenvalue weighted by Crippen LogP contribution is 2.42. The lowest BCUT2D eigenvalue weighted by atomic mass is 10.00. The number of aliphatic imine (C=N–C) groups is 2. The number of hydrogen-bond donors (Lipinski definition) is 1. The number of nitrogens with one attached hydrogen (secondary N) is 1. The molecule has 0 spiro atoms. The molecule has 10 aromatic carbocycles. The lowest BCUT2D eigenvalue weighted by Gasteiger charge is -2.24. The topological polar surface area (TPSA) is 54.8 Å². The van der Waals surface area contributed by atoms with E-state index < -0.39 is 6.17 Å². The summed E-state index contributed by atoms with van der Waals surface area (Å²) < 4.78 is 9.38. The molecule has 0 amide bonds. The molecule has 0 fully saturated rings. The van der Waals surface area contributed by atoms with Gasteiger partial charge in [0.2, 0.25) is 0 Å². The van der Waals surface area contributed by atoms with Gasteiger partial charge in [0.25, 0.3) is 0 Å². The van der Waals surface area contributed by atoms with E-state index in [0.717, 1.165) is 88.6 Å². The van der Waals surface area contributed by atoms with Crippen LogP contribution in [0.1, 0.15) is 22.9 Å². The minimum Gasteiger partial charge on any atom is -0.455 e. The molecule has 0 saturated carbocycles. The number of nitrogens with zero attached hydrogens (tertiary/aromatic N) is 3. The van der Waals surface area contributed by atoms with Crippen molar-refractivity contribution >= 4 is 55.4 Å². The zero-order chi connectivity index (χ0) is 45.0. The Labute approximate surface area is 393 Å². The molecule has 1 aliphatic heterocycles. The van der Waals surface area contributed by atoms with Gasteiger partial charge >= 0.3 is 0 Å². The number of rotatable bonds is 8. The predicted octanol–water partition coefficient (Wildman–Crippen LogP) is 15.8. The average Bonchev–Trinajstić information content (AvgIpc) is 3.97. The fraction of sp³-hybridized carbons (Fsp3) is 0.0159. The molecule has 1 unspecified atom stereocenters. The van der Waals surface area contributed by atoms with Crippen LogP contribution in [0.25, 0.3) is 93.9 Å². The number of para-hydroxylation sites is 1. The summed E-state index contributed by atoms with van der Waals surface area (Å²) in [5.41, 5.74) is 17.3. The molecule has 68 heavy (non-hydrogen) atoms. The van der Waals surface area contributed by atoms with Gasteiger partial charge in [0, 0.05) is 38.5 Å². The summed E-state index contributed by atoms with van der Waals surface area (Å²) in [7, 11) is 0. The van der Waals surface area contributed by atoms with Crippen LogP contribution in [0.3, 0.4) is 0 Å². The third-order valence-corrected chi connectivity index (χ3v) is 13.3. The van der Waals surface area contributed by atoms with Gasteiger partial charge in [0.05, 0.1) is 16.4 Å². The van der Waals surface area contributed by atoms with E-state index in [1.54, 1.807) is 0 Å². The Bertz CT molecular complexity index is 3890. The van der Waals surface area contributed by atoms with E-state index in [4.69, 9.17) is 14.4 Å². The first-order valence-corrected chi connectivity index (χ1v) is 23.1. The van der Waals surface area contributed by atoms with Crippen molar-refractivity contribution in [2.75, 3.05) is 0 Å². The number of amidine groups is 2. The maximum Gasteiger partial charge on any atom is 0.159 e. The van der Waals surface area contributed by atoms with E-state index in [1.165, 1.54) is 27.8 Å². The number of fused-ring (bicyclic) bond motifs is 7. The summed E-state index contributed by atoms with van der Waals surface area (Å²) in [6, 6.07) is 85.8. The molecular formula is C63H42N4O. The maximum atomic E-state index is 7.01. The lowest BCUT2D eigenvalue weighted by Crippen LogP contribution is -2.33. The van der Waals surface area contributed by atoms with Crippen molar-refractivity contribution < 1.29 is 4.42 Å². The minimum absolute atomic E-state index is 0.415. The molecule has 0 aliphatic carbocycles. The van der Waals surface area contributed by atoms with Gasteiger partial charge in [-0.15, -0.1) is 0 Å². The molecule has 1 N–H and O–H groups in total. The van der Waals surface area contributed by atoms with Crippen LogP contribution in [-0.2, 0) is 0 Å². The zero-order valence-corrected chi connectivity index (χ0v) is 36.9. The summed E-state index contributed by atoms with van der Waals surface area (Å²) in [6.07, 6.45) is -0.415. The first kappa shape index (κ1) is 39.3. The number of hydrogen-bond acceptors (Lipinski definition) is 4. The molecule has 1 atom stereocenters. The van der Waals surface area contributed by atoms with Crippen LogP contribution in [0.2, 0.25) is 0 Å². The van der Waals surface area contributed by atoms with E-state index in [2.05, 4.69) is 240 Å². The van der Waals surface area contributed by atoms with Gasteiger partial charge in [0.15, 0.2) is 5.84 Å². The van der Waals surface area contributed by atoms with Crippen LogP contribution < -0.4 is 5.32 Å². The van der Waals surface area contributed by atoms with E-state index in [1.807, 2.05) is 12.1 Å². The highest BCUT2D eigenvalue weighted by atomic mass is 16.3. The van der Waals surface area contributed by atoms with Crippen LogP contribution in [0, 0.1) is 0 Å². The minimum atomic E-state index is -0.415. The molecule has 13 rings (SSSR count). The Morgan fingerprint density at radius 3 is 1.53 bits per heavy atom. The Hall–Kier alpha value is -9.06. The van der Waals surface area contributed by atoms with Gasteiger partial charge in [-0.05, 0) is 80.9 Å². The largest absolute Gasteiger partial charge is 0.455 e. The summed E-state index contributed by atoms with van der Waals surface area (Å²) in [5, 5.41) is 8.08. The van der Waals surface area contributed by atoms with Gasteiger partial charge in [-0.25, -0.2) is 9.98 Å².